The fourth-order valence-corrected chi connectivity index (χ4v) is 1.68. The first-order valence-electron chi connectivity index (χ1n) is 5.50. The van der Waals surface area contributed by atoms with E-state index in [1.165, 1.54) is 11.1 Å². The van der Waals surface area contributed by atoms with E-state index >= 15 is 0 Å². The normalized spacial score (nSPS) is 10.3. The Labute approximate surface area is 95.6 Å². The molecule has 16 heavy (non-hydrogen) atoms. The molecule has 0 spiro atoms. The lowest BCUT2D eigenvalue weighted by atomic mass is 10.0. The molecule has 0 amide bonds. The highest BCUT2D eigenvalue weighted by atomic mass is 16.2. The van der Waals surface area contributed by atoms with E-state index in [9.17, 15) is 0 Å². The SMILES string of the molecule is OCCCc1ccc(-c2cccnc2)cc1. The highest BCUT2D eigenvalue weighted by Crippen LogP contribution is 2.18. The van der Waals surface area contributed by atoms with E-state index in [1.807, 2.05) is 12.3 Å². The Balaban J connectivity index is 2.13. The third-order valence-electron chi connectivity index (χ3n) is 2.57. The summed E-state index contributed by atoms with van der Waals surface area (Å²) in [6.45, 7) is 0.254. The lowest BCUT2D eigenvalue weighted by Gasteiger charge is -2.03. The number of hydrogen-bond acceptors (Lipinski definition) is 2. The van der Waals surface area contributed by atoms with Crippen molar-refractivity contribution in [3.63, 3.8) is 0 Å². The molecule has 0 fully saturated rings. The second-order valence-electron chi connectivity index (χ2n) is 3.77. The lowest BCUT2D eigenvalue weighted by molar-refractivity contribution is 0.288. The standard InChI is InChI=1S/C14H15NO/c16-10-2-3-12-5-7-13(8-6-12)14-4-1-9-15-11-14/h1,4-9,11,16H,2-3,10H2. The van der Waals surface area contributed by atoms with E-state index in [-0.39, 0.29) is 6.61 Å². The molecule has 0 radical (unpaired) electrons. The molecule has 1 N–H and O–H groups in total. The second kappa shape index (κ2) is 5.42. The van der Waals surface area contributed by atoms with Gasteiger partial charge in [0.05, 0.1) is 0 Å². The van der Waals surface area contributed by atoms with Crippen molar-refractivity contribution in [1.29, 1.82) is 0 Å². The van der Waals surface area contributed by atoms with Gasteiger partial charge in [-0.25, -0.2) is 0 Å². The number of rotatable bonds is 4. The third-order valence-corrected chi connectivity index (χ3v) is 2.57. The molecule has 0 bridgehead atoms. The van der Waals surface area contributed by atoms with Crippen molar-refractivity contribution in [2.24, 2.45) is 0 Å². The zero-order valence-electron chi connectivity index (χ0n) is 9.13. The molecule has 0 atom stereocenters. The van der Waals surface area contributed by atoms with Crippen LogP contribution in [0.1, 0.15) is 12.0 Å². The fraction of sp³-hybridized carbons (Fsp3) is 0.214. The van der Waals surface area contributed by atoms with E-state index in [0.717, 1.165) is 18.4 Å². The highest BCUT2D eigenvalue weighted by Gasteiger charge is 1.97. The number of aryl methyl sites for hydroxylation is 1. The summed E-state index contributed by atoms with van der Waals surface area (Å²) in [5, 5.41) is 8.75. The van der Waals surface area contributed by atoms with Gasteiger partial charge in [0.1, 0.15) is 0 Å². The fourth-order valence-electron chi connectivity index (χ4n) is 1.68. The molecule has 0 saturated heterocycles. The van der Waals surface area contributed by atoms with Crippen LogP contribution in [0.5, 0.6) is 0 Å². The van der Waals surface area contributed by atoms with Crippen molar-refractivity contribution in [1.82, 2.24) is 4.98 Å². The van der Waals surface area contributed by atoms with E-state index < -0.39 is 0 Å². The molecule has 1 heterocycles. The van der Waals surface area contributed by atoms with Gasteiger partial charge in [-0.15, -0.1) is 0 Å². The molecule has 1 aromatic heterocycles. The summed E-state index contributed by atoms with van der Waals surface area (Å²) >= 11 is 0. The smallest absolute Gasteiger partial charge is 0.0434 e. The Morgan fingerprint density at radius 1 is 1.00 bits per heavy atom. The van der Waals surface area contributed by atoms with Crippen molar-refractivity contribution in [3.8, 4) is 11.1 Å². The largest absolute Gasteiger partial charge is 0.396 e. The molecule has 2 aromatic rings. The molecule has 2 heteroatoms. The van der Waals surface area contributed by atoms with Gasteiger partial charge in [0.25, 0.3) is 0 Å². The first kappa shape index (κ1) is 10.8. The van der Waals surface area contributed by atoms with Gasteiger partial charge in [-0.3, -0.25) is 4.98 Å². The second-order valence-corrected chi connectivity index (χ2v) is 3.77. The Kier molecular flexibility index (Phi) is 3.67. The minimum atomic E-state index is 0.254. The first-order chi connectivity index (χ1) is 7.90. The number of pyridine rings is 1. The molecule has 0 aliphatic carbocycles. The van der Waals surface area contributed by atoms with Gasteiger partial charge in [0, 0.05) is 19.0 Å². The molecule has 0 saturated carbocycles. The van der Waals surface area contributed by atoms with Crippen LogP contribution >= 0.6 is 0 Å². The van der Waals surface area contributed by atoms with E-state index in [1.54, 1.807) is 6.20 Å². The van der Waals surface area contributed by atoms with Gasteiger partial charge >= 0.3 is 0 Å². The maximum absolute atomic E-state index is 8.75. The van der Waals surface area contributed by atoms with Crippen LogP contribution in [0.15, 0.2) is 48.8 Å². The van der Waals surface area contributed by atoms with Gasteiger partial charge < -0.3 is 5.11 Å². The van der Waals surface area contributed by atoms with Crippen LogP contribution in [0.4, 0.5) is 0 Å². The average molecular weight is 213 g/mol. The van der Waals surface area contributed by atoms with Crippen LogP contribution in [-0.4, -0.2) is 16.7 Å². The number of aromatic nitrogens is 1. The monoisotopic (exact) mass is 213 g/mol. The van der Waals surface area contributed by atoms with Crippen LogP contribution in [0, 0.1) is 0 Å². The number of aliphatic hydroxyl groups is 1. The van der Waals surface area contributed by atoms with Crippen LogP contribution < -0.4 is 0 Å². The van der Waals surface area contributed by atoms with Crippen LogP contribution in [0.3, 0.4) is 0 Å². The maximum atomic E-state index is 8.75. The summed E-state index contributed by atoms with van der Waals surface area (Å²) in [6, 6.07) is 12.4. The van der Waals surface area contributed by atoms with Gasteiger partial charge in [-0.1, -0.05) is 30.3 Å². The first-order valence-corrected chi connectivity index (χ1v) is 5.50. The molecule has 82 valence electrons. The minimum Gasteiger partial charge on any atom is -0.396 e. The average Bonchev–Trinajstić information content (AvgIpc) is 2.38. The number of hydrogen-bond donors (Lipinski definition) is 1. The number of aliphatic hydroxyl groups excluding tert-OH is 1. The molecule has 2 nitrogen and oxygen atoms in total. The highest BCUT2D eigenvalue weighted by molar-refractivity contribution is 5.62. The molecule has 0 unspecified atom stereocenters. The minimum absolute atomic E-state index is 0.254. The Bertz CT molecular complexity index is 422. The van der Waals surface area contributed by atoms with Crippen molar-refractivity contribution >= 4 is 0 Å². The van der Waals surface area contributed by atoms with E-state index in [0.29, 0.717) is 0 Å². The Morgan fingerprint density at radius 3 is 2.44 bits per heavy atom. The van der Waals surface area contributed by atoms with Crippen molar-refractivity contribution in [2.75, 3.05) is 6.61 Å². The predicted octanol–water partition coefficient (Wildman–Crippen LogP) is 2.67. The summed E-state index contributed by atoms with van der Waals surface area (Å²) in [6.07, 6.45) is 5.40. The third kappa shape index (κ3) is 2.67. The van der Waals surface area contributed by atoms with E-state index in [4.69, 9.17) is 5.11 Å². The van der Waals surface area contributed by atoms with Crippen LogP contribution in [0.25, 0.3) is 11.1 Å². The number of benzene rings is 1. The molecule has 0 aliphatic rings. The van der Waals surface area contributed by atoms with Gasteiger partial charge in [-0.05, 0) is 35.6 Å². The zero-order valence-corrected chi connectivity index (χ0v) is 9.13. The Morgan fingerprint density at radius 2 is 1.81 bits per heavy atom. The summed E-state index contributed by atoms with van der Waals surface area (Å²) < 4.78 is 0. The molecule has 2 rings (SSSR count). The Hall–Kier alpha value is -1.67. The summed E-state index contributed by atoms with van der Waals surface area (Å²) in [7, 11) is 0. The van der Waals surface area contributed by atoms with Gasteiger partial charge in [0.2, 0.25) is 0 Å². The maximum Gasteiger partial charge on any atom is 0.0434 e. The summed E-state index contributed by atoms with van der Waals surface area (Å²) in [5.41, 5.74) is 3.58. The summed E-state index contributed by atoms with van der Waals surface area (Å²) in [5.74, 6) is 0. The molecular weight excluding hydrogens is 198 g/mol. The van der Waals surface area contributed by atoms with Crippen LogP contribution in [0.2, 0.25) is 0 Å². The summed E-state index contributed by atoms with van der Waals surface area (Å²) in [4.78, 5) is 4.10. The van der Waals surface area contributed by atoms with Gasteiger partial charge in [-0.2, -0.15) is 0 Å². The quantitative estimate of drug-likeness (QED) is 0.847. The van der Waals surface area contributed by atoms with Crippen molar-refractivity contribution in [3.05, 3.63) is 54.4 Å². The zero-order chi connectivity index (χ0) is 11.2. The van der Waals surface area contributed by atoms with Crippen LogP contribution in [-0.2, 0) is 6.42 Å². The molecule has 1 aromatic carbocycles. The van der Waals surface area contributed by atoms with Crippen molar-refractivity contribution < 1.29 is 5.11 Å². The predicted molar refractivity (Wildman–Crippen MR) is 65.1 cm³/mol. The lowest BCUT2D eigenvalue weighted by Crippen LogP contribution is -1.89. The molecular formula is C14H15NO. The van der Waals surface area contributed by atoms with Gasteiger partial charge in [0.15, 0.2) is 0 Å². The number of nitrogens with zero attached hydrogens (tertiary/aromatic N) is 1. The topological polar surface area (TPSA) is 33.1 Å². The van der Waals surface area contributed by atoms with Crippen molar-refractivity contribution in [2.45, 2.75) is 12.8 Å². The van der Waals surface area contributed by atoms with E-state index in [2.05, 4.69) is 35.3 Å². The molecule has 0 aliphatic heterocycles.